The molecule has 0 aliphatic carbocycles. The fourth-order valence-corrected chi connectivity index (χ4v) is 3.02. The highest BCUT2D eigenvalue weighted by atomic mass is 32.1. The monoisotopic (exact) mass is 353 g/mol. The first-order valence-electron chi connectivity index (χ1n) is 6.76. The predicted molar refractivity (Wildman–Crippen MR) is 82.9 cm³/mol. The summed E-state index contributed by atoms with van der Waals surface area (Å²) < 4.78 is 37.5. The third-order valence-electron chi connectivity index (χ3n) is 3.28. The lowest BCUT2D eigenvalue weighted by atomic mass is 10.1. The largest absolute Gasteiger partial charge is 0.416 e. The van der Waals surface area contributed by atoms with Gasteiger partial charge in [-0.2, -0.15) is 13.2 Å². The van der Waals surface area contributed by atoms with Gasteiger partial charge in [-0.3, -0.25) is 9.59 Å². The zero-order valence-corrected chi connectivity index (χ0v) is 12.8. The maximum Gasteiger partial charge on any atom is 0.416 e. The number of H-pyrrole nitrogens is 1. The standard InChI is InChI=1S/C15H10F3N3O2S/c16-15(17,18)9-3-1-8(2-4-9)12(22)19-6-10-5-11-13(23)20-7-21-14(11)24-10/h1-5,7H,6H2,(H,19,22)(H,20,21,23). The van der Waals surface area contributed by atoms with Gasteiger partial charge >= 0.3 is 6.18 Å². The minimum Gasteiger partial charge on any atom is -0.347 e. The van der Waals surface area contributed by atoms with E-state index >= 15 is 0 Å². The molecule has 0 bridgehead atoms. The summed E-state index contributed by atoms with van der Waals surface area (Å²) >= 11 is 1.26. The number of hydrogen-bond acceptors (Lipinski definition) is 4. The summed E-state index contributed by atoms with van der Waals surface area (Å²) in [6.45, 7) is 0.153. The van der Waals surface area contributed by atoms with Crippen molar-refractivity contribution < 1.29 is 18.0 Å². The van der Waals surface area contributed by atoms with E-state index in [9.17, 15) is 22.8 Å². The van der Waals surface area contributed by atoms with Gasteiger partial charge in [-0.25, -0.2) is 4.98 Å². The lowest BCUT2D eigenvalue weighted by molar-refractivity contribution is -0.137. The summed E-state index contributed by atoms with van der Waals surface area (Å²) in [4.78, 5) is 31.3. The highest BCUT2D eigenvalue weighted by Gasteiger charge is 2.30. The first-order chi connectivity index (χ1) is 11.3. The van der Waals surface area contributed by atoms with Crippen molar-refractivity contribution in [3.05, 3.63) is 63.0 Å². The minimum atomic E-state index is -4.44. The van der Waals surface area contributed by atoms with E-state index in [-0.39, 0.29) is 17.7 Å². The number of nitrogens with one attached hydrogen (secondary N) is 2. The van der Waals surface area contributed by atoms with E-state index in [4.69, 9.17) is 0 Å². The molecule has 0 spiro atoms. The van der Waals surface area contributed by atoms with Crippen LogP contribution in [0.5, 0.6) is 0 Å². The van der Waals surface area contributed by atoms with E-state index in [0.29, 0.717) is 10.2 Å². The Kier molecular flexibility index (Phi) is 4.10. The molecule has 124 valence electrons. The van der Waals surface area contributed by atoms with Crippen LogP contribution in [0, 0.1) is 0 Å². The van der Waals surface area contributed by atoms with Crippen molar-refractivity contribution in [3.63, 3.8) is 0 Å². The molecule has 2 heterocycles. The molecule has 0 atom stereocenters. The van der Waals surface area contributed by atoms with Crippen LogP contribution in [0.3, 0.4) is 0 Å². The van der Waals surface area contributed by atoms with Crippen LogP contribution >= 0.6 is 11.3 Å². The smallest absolute Gasteiger partial charge is 0.347 e. The Hall–Kier alpha value is -2.68. The maximum absolute atomic E-state index is 12.5. The third-order valence-corrected chi connectivity index (χ3v) is 4.33. The quantitative estimate of drug-likeness (QED) is 0.760. The van der Waals surface area contributed by atoms with Gasteiger partial charge < -0.3 is 10.3 Å². The van der Waals surface area contributed by atoms with Crippen molar-refractivity contribution in [2.75, 3.05) is 0 Å². The molecule has 2 N–H and O–H groups in total. The van der Waals surface area contributed by atoms with Crippen molar-refractivity contribution in [2.45, 2.75) is 12.7 Å². The predicted octanol–water partition coefficient (Wildman–Crippen LogP) is 2.93. The molecule has 0 saturated heterocycles. The second kappa shape index (κ2) is 6.08. The molecule has 0 aliphatic heterocycles. The number of fused-ring (bicyclic) bond motifs is 1. The minimum absolute atomic E-state index is 0.125. The number of thiophene rings is 1. The highest BCUT2D eigenvalue weighted by Crippen LogP contribution is 2.29. The average molecular weight is 353 g/mol. The molecule has 0 fully saturated rings. The number of carbonyl (C=O) groups is 1. The van der Waals surface area contributed by atoms with Crippen molar-refractivity contribution in [1.82, 2.24) is 15.3 Å². The molecular formula is C15H10F3N3O2S. The molecule has 2 aromatic heterocycles. The zero-order chi connectivity index (χ0) is 17.3. The number of rotatable bonds is 3. The first kappa shape index (κ1) is 16.2. The Labute approximate surface area is 137 Å². The van der Waals surface area contributed by atoms with Crippen LogP contribution in [0.25, 0.3) is 10.2 Å². The van der Waals surface area contributed by atoms with Crippen LogP contribution in [0.2, 0.25) is 0 Å². The van der Waals surface area contributed by atoms with E-state index in [1.54, 1.807) is 6.07 Å². The van der Waals surface area contributed by atoms with Gasteiger partial charge in [0.05, 0.1) is 23.8 Å². The number of aromatic amines is 1. The Balaban J connectivity index is 1.70. The molecular weight excluding hydrogens is 343 g/mol. The summed E-state index contributed by atoms with van der Waals surface area (Å²) in [5.41, 5.74) is -0.953. The lowest BCUT2D eigenvalue weighted by Crippen LogP contribution is -2.22. The summed E-state index contributed by atoms with van der Waals surface area (Å²) in [6.07, 6.45) is -3.14. The summed E-state index contributed by atoms with van der Waals surface area (Å²) in [6, 6.07) is 5.58. The number of amides is 1. The third kappa shape index (κ3) is 3.30. The lowest BCUT2D eigenvalue weighted by Gasteiger charge is -2.07. The Bertz CT molecular complexity index is 945. The number of hydrogen-bond donors (Lipinski definition) is 2. The van der Waals surface area contributed by atoms with E-state index in [1.807, 2.05) is 0 Å². The summed E-state index contributed by atoms with van der Waals surface area (Å²) in [7, 11) is 0. The van der Waals surface area contributed by atoms with E-state index in [1.165, 1.54) is 17.7 Å². The van der Waals surface area contributed by atoms with Gasteiger partial charge in [0.2, 0.25) is 0 Å². The van der Waals surface area contributed by atoms with Crippen LogP contribution in [-0.2, 0) is 12.7 Å². The Morgan fingerprint density at radius 3 is 2.58 bits per heavy atom. The van der Waals surface area contributed by atoms with Gasteiger partial charge in [-0.15, -0.1) is 11.3 Å². The fraction of sp³-hybridized carbons (Fsp3) is 0.133. The van der Waals surface area contributed by atoms with Gasteiger partial charge in [0, 0.05) is 10.4 Å². The van der Waals surface area contributed by atoms with Crippen LogP contribution < -0.4 is 10.9 Å². The molecule has 1 amide bonds. The van der Waals surface area contributed by atoms with Crippen LogP contribution in [0.1, 0.15) is 20.8 Å². The van der Waals surface area contributed by atoms with E-state index in [2.05, 4.69) is 15.3 Å². The molecule has 24 heavy (non-hydrogen) atoms. The molecule has 0 saturated carbocycles. The van der Waals surface area contributed by atoms with Crippen molar-refractivity contribution in [3.8, 4) is 0 Å². The number of halogens is 3. The van der Waals surface area contributed by atoms with Gasteiger partial charge in [0.25, 0.3) is 11.5 Å². The fourth-order valence-electron chi connectivity index (χ4n) is 2.08. The molecule has 3 rings (SSSR count). The van der Waals surface area contributed by atoms with Crippen LogP contribution in [0.15, 0.2) is 41.5 Å². The van der Waals surface area contributed by atoms with Gasteiger partial charge in [0.1, 0.15) is 4.83 Å². The van der Waals surface area contributed by atoms with Gasteiger partial charge in [-0.1, -0.05) is 0 Å². The highest BCUT2D eigenvalue weighted by molar-refractivity contribution is 7.18. The number of aromatic nitrogens is 2. The number of nitrogens with zero attached hydrogens (tertiary/aromatic N) is 1. The molecule has 0 unspecified atom stereocenters. The number of benzene rings is 1. The zero-order valence-electron chi connectivity index (χ0n) is 12.0. The molecule has 3 aromatic rings. The van der Waals surface area contributed by atoms with E-state index in [0.717, 1.165) is 29.1 Å². The molecule has 5 nitrogen and oxygen atoms in total. The molecule has 0 aliphatic rings. The normalized spacial score (nSPS) is 11.6. The summed E-state index contributed by atoms with van der Waals surface area (Å²) in [5, 5.41) is 3.04. The number of carbonyl (C=O) groups excluding carboxylic acids is 1. The van der Waals surface area contributed by atoms with Crippen molar-refractivity contribution in [2.24, 2.45) is 0 Å². The topological polar surface area (TPSA) is 74.8 Å². The maximum atomic E-state index is 12.5. The van der Waals surface area contributed by atoms with Crippen molar-refractivity contribution in [1.29, 1.82) is 0 Å². The summed E-state index contributed by atoms with van der Waals surface area (Å²) in [5.74, 6) is -0.497. The van der Waals surface area contributed by atoms with Crippen molar-refractivity contribution >= 4 is 27.5 Å². The molecule has 1 aromatic carbocycles. The molecule has 0 radical (unpaired) electrons. The van der Waals surface area contributed by atoms with E-state index < -0.39 is 17.6 Å². The van der Waals surface area contributed by atoms with Crippen LogP contribution in [-0.4, -0.2) is 15.9 Å². The first-order valence-corrected chi connectivity index (χ1v) is 7.58. The average Bonchev–Trinajstić information content (AvgIpc) is 2.96. The molecule has 9 heteroatoms. The van der Waals surface area contributed by atoms with Crippen LogP contribution in [0.4, 0.5) is 13.2 Å². The van der Waals surface area contributed by atoms with Gasteiger partial charge in [0.15, 0.2) is 0 Å². The Morgan fingerprint density at radius 1 is 1.25 bits per heavy atom. The van der Waals surface area contributed by atoms with Gasteiger partial charge in [-0.05, 0) is 30.3 Å². The Morgan fingerprint density at radius 2 is 1.96 bits per heavy atom. The second-order valence-electron chi connectivity index (χ2n) is 4.92. The second-order valence-corrected chi connectivity index (χ2v) is 6.04. The SMILES string of the molecule is O=C(NCc1cc2c(=O)[nH]cnc2s1)c1ccc(C(F)(F)F)cc1. The number of alkyl halides is 3.